The first-order chi connectivity index (χ1) is 6.69. The average Bonchev–Trinajstić information content (AvgIpc) is 2.20. The SMILES string of the molecule is CCC(C#N)=C(Cl)c1ccc(I)cc1. The summed E-state index contributed by atoms with van der Waals surface area (Å²) in [6.07, 6.45) is 0.668. The van der Waals surface area contributed by atoms with Gasteiger partial charge in [0.25, 0.3) is 0 Å². The van der Waals surface area contributed by atoms with Crippen molar-refractivity contribution >= 4 is 39.2 Å². The van der Waals surface area contributed by atoms with Crippen LogP contribution in [0.4, 0.5) is 0 Å². The summed E-state index contributed by atoms with van der Waals surface area (Å²) in [5.74, 6) is 0. The lowest BCUT2D eigenvalue weighted by Crippen LogP contribution is -1.83. The van der Waals surface area contributed by atoms with E-state index >= 15 is 0 Å². The lowest BCUT2D eigenvalue weighted by molar-refractivity contribution is 1.16. The van der Waals surface area contributed by atoms with Crippen LogP contribution in [-0.4, -0.2) is 0 Å². The zero-order valence-corrected chi connectivity index (χ0v) is 10.6. The number of halogens is 2. The molecule has 0 bridgehead atoms. The Morgan fingerprint density at radius 2 is 2.00 bits per heavy atom. The van der Waals surface area contributed by atoms with E-state index in [0.717, 1.165) is 9.13 Å². The van der Waals surface area contributed by atoms with Crippen molar-refractivity contribution in [2.24, 2.45) is 0 Å². The van der Waals surface area contributed by atoms with E-state index in [2.05, 4.69) is 28.7 Å². The number of hydrogen-bond donors (Lipinski definition) is 0. The van der Waals surface area contributed by atoms with E-state index in [9.17, 15) is 0 Å². The highest BCUT2D eigenvalue weighted by Crippen LogP contribution is 2.24. The van der Waals surface area contributed by atoms with Crippen LogP contribution < -0.4 is 0 Å². The second kappa shape index (κ2) is 5.38. The molecule has 0 saturated heterocycles. The topological polar surface area (TPSA) is 23.8 Å². The first-order valence-electron chi connectivity index (χ1n) is 4.23. The molecule has 0 saturated carbocycles. The first-order valence-corrected chi connectivity index (χ1v) is 5.69. The van der Waals surface area contributed by atoms with E-state index in [4.69, 9.17) is 16.9 Å². The fourth-order valence-corrected chi connectivity index (χ4v) is 1.72. The molecule has 14 heavy (non-hydrogen) atoms. The minimum Gasteiger partial charge on any atom is -0.193 e. The minimum absolute atomic E-state index is 0.561. The molecule has 1 aromatic carbocycles. The van der Waals surface area contributed by atoms with Gasteiger partial charge in [-0.25, -0.2) is 0 Å². The average molecular weight is 318 g/mol. The van der Waals surface area contributed by atoms with Crippen LogP contribution in [0.25, 0.3) is 5.03 Å². The maximum atomic E-state index is 8.82. The van der Waals surface area contributed by atoms with Gasteiger partial charge in [-0.05, 0) is 46.7 Å². The molecule has 1 aromatic rings. The molecule has 0 fully saturated rings. The lowest BCUT2D eigenvalue weighted by Gasteiger charge is -2.01. The van der Waals surface area contributed by atoms with E-state index in [1.807, 2.05) is 31.2 Å². The normalized spacial score (nSPS) is 11.9. The fraction of sp³-hybridized carbons (Fsp3) is 0.182. The van der Waals surface area contributed by atoms with Crippen LogP contribution in [0.5, 0.6) is 0 Å². The summed E-state index contributed by atoms with van der Waals surface area (Å²) in [4.78, 5) is 0. The maximum absolute atomic E-state index is 8.82. The molecule has 0 atom stereocenters. The van der Waals surface area contributed by atoms with Crippen LogP contribution in [0.15, 0.2) is 29.8 Å². The number of hydrogen-bond acceptors (Lipinski definition) is 1. The summed E-state index contributed by atoms with van der Waals surface area (Å²) >= 11 is 8.31. The van der Waals surface area contributed by atoms with Gasteiger partial charge in [-0.15, -0.1) is 0 Å². The Morgan fingerprint density at radius 3 is 2.43 bits per heavy atom. The van der Waals surface area contributed by atoms with Gasteiger partial charge in [0, 0.05) is 9.14 Å². The zero-order valence-electron chi connectivity index (χ0n) is 7.72. The van der Waals surface area contributed by atoms with E-state index in [1.165, 1.54) is 0 Å². The lowest BCUT2D eigenvalue weighted by atomic mass is 10.1. The molecule has 0 aromatic heterocycles. The van der Waals surface area contributed by atoms with Gasteiger partial charge in [-0.1, -0.05) is 30.7 Å². The molecule has 0 aliphatic rings. The minimum atomic E-state index is 0.561. The second-order valence-corrected chi connectivity index (χ2v) is 4.39. The molecule has 0 N–H and O–H groups in total. The highest BCUT2D eigenvalue weighted by atomic mass is 127. The Kier molecular flexibility index (Phi) is 4.43. The molecule has 0 spiro atoms. The van der Waals surface area contributed by atoms with Gasteiger partial charge in [0.1, 0.15) is 0 Å². The monoisotopic (exact) mass is 317 g/mol. The Bertz CT molecular complexity index is 387. The summed E-state index contributed by atoms with van der Waals surface area (Å²) < 4.78 is 1.16. The molecule has 72 valence electrons. The number of allylic oxidation sites excluding steroid dienone is 1. The van der Waals surface area contributed by atoms with Gasteiger partial charge < -0.3 is 0 Å². The Morgan fingerprint density at radius 1 is 1.43 bits per heavy atom. The molecule has 0 aliphatic heterocycles. The first kappa shape index (κ1) is 11.5. The molecule has 0 unspecified atom stereocenters. The van der Waals surface area contributed by atoms with Crippen molar-refractivity contribution in [1.29, 1.82) is 5.26 Å². The zero-order chi connectivity index (χ0) is 10.6. The van der Waals surface area contributed by atoms with Crippen molar-refractivity contribution < 1.29 is 0 Å². The molecule has 1 nitrogen and oxygen atoms in total. The summed E-state index contributed by atoms with van der Waals surface area (Å²) in [6.45, 7) is 1.92. The number of nitrogens with zero attached hydrogens (tertiary/aromatic N) is 1. The van der Waals surface area contributed by atoms with Crippen molar-refractivity contribution in [2.75, 3.05) is 0 Å². The Labute approximate surface area is 103 Å². The van der Waals surface area contributed by atoms with E-state index in [-0.39, 0.29) is 0 Å². The summed E-state index contributed by atoms with van der Waals surface area (Å²) in [5.41, 5.74) is 1.54. The van der Waals surface area contributed by atoms with Crippen LogP contribution in [0.3, 0.4) is 0 Å². The highest BCUT2D eigenvalue weighted by Gasteiger charge is 2.04. The molecular weight excluding hydrogens is 308 g/mol. The molecule has 0 amide bonds. The van der Waals surface area contributed by atoms with Crippen molar-refractivity contribution in [3.05, 3.63) is 39.0 Å². The standard InChI is InChI=1S/C11H9ClIN/c1-2-8(7-14)11(12)9-3-5-10(13)6-4-9/h3-6H,2H2,1H3. The van der Waals surface area contributed by atoms with Gasteiger partial charge >= 0.3 is 0 Å². The summed E-state index contributed by atoms with van der Waals surface area (Å²) in [6, 6.07) is 9.92. The predicted octanol–water partition coefficient (Wildman–Crippen LogP) is 4.17. The largest absolute Gasteiger partial charge is 0.193 e. The molecule has 0 radical (unpaired) electrons. The summed E-state index contributed by atoms with van der Waals surface area (Å²) in [5, 5.41) is 9.38. The number of rotatable bonds is 2. The van der Waals surface area contributed by atoms with Crippen LogP contribution in [0.1, 0.15) is 18.9 Å². The smallest absolute Gasteiger partial charge is 0.0962 e. The number of benzene rings is 1. The van der Waals surface area contributed by atoms with Crippen LogP contribution in [-0.2, 0) is 0 Å². The van der Waals surface area contributed by atoms with Crippen molar-refractivity contribution in [3.8, 4) is 6.07 Å². The van der Waals surface area contributed by atoms with Gasteiger partial charge in [-0.3, -0.25) is 0 Å². The molecule has 3 heteroatoms. The third-order valence-corrected chi connectivity index (χ3v) is 3.02. The van der Waals surface area contributed by atoms with E-state index in [0.29, 0.717) is 17.0 Å². The second-order valence-electron chi connectivity index (χ2n) is 2.76. The molecule has 0 aliphatic carbocycles. The third-order valence-electron chi connectivity index (χ3n) is 1.85. The van der Waals surface area contributed by atoms with E-state index < -0.39 is 0 Å². The van der Waals surface area contributed by atoms with Gasteiger partial charge in [0.05, 0.1) is 11.1 Å². The third kappa shape index (κ3) is 2.73. The molecule has 1 rings (SSSR count). The van der Waals surface area contributed by atoms with Gasteiger partial charge in [0.15, 0.2) is 0 Å². The van der Waals surface area contributed by atoms with E-state index in [1.54, 1.807) is 0 Å². The van der Waals surface area contributed by atoms with Gasteiger partial charge in [0.2, 0.25) is 0 Å². The quantitative estimate of drug-likeness (QED) is 0.593. The summed E-state index contributed by atoms with van der Waals surface area (Å²) in [7, 11) is 0. The van der Waals surface area contributed by atoms with Gasteiger partial charge in [-0.2, -0.15) is 5.26 Å². The Balaban J connectivity index is 3.12. The maximum Gasteiger partial charge on any atom is 0.0962 e. The van der Waals surface area contributed by atoms with Crippen LogP contribution >= 0.6 is 34.2 Å². The van der Waals surface area contributed by atoms with Crippen LogP contribution in [0, 0.1) is 14.9 Å². The number of nitriles is 1. The molecule has 0 heterocycles. The van der Waals surface area contributed by atoms with Crippen LogP contribution in [0.2, 0.25) is 0 Å². The van der Waals surface area contributed by atoms with Crippen molar-refractivity contribution in [2.45, 2.75) is 13.3 Å². The highest BCUT2D eigenvalue weighted by molar-refractivity contribution is 14.1. The Hall–Kier alpha value is -0.530. The van der Waals surface area contributed by atoms with Crippen molar-refractivity contribution in [3.63, 3.8) is 0 Å². The molecular formula is C11H9ClIN. The van der Waals surface area contributed by atoms with Crippen molar-refractivity contribution in [1.82, 2.24) is 0 Å². The fourth-order valence-electron chi connectivity index (χ4n) is 1.05. The predicted molar refractivity (Wildman–Crippen MR) is 67.8 cm³/mol.